The molecule has 2 aromatic rings. The topological polar surface area (TPSA) is 62.2 Å². The summed E-state index contributed by atoms with van der Waals surface area (Å²) in [7, 11) is 1.94. The molecule has 1 fully saturated rings. The number of benzene rings is 1. The fraction of sp³-hybridized carbons (Fsp3) is 0.474. The number of carbonyl (C=O) groups excluding carboxylic acids is 1. The summed E-state index contributed by atoms with van der Waals surface area (Å²) in [5.74, 6) is 0.502. The Kier molecular flexibility index (Phi) is 5.38. The second-order valence-electron chi connectivity index (χ2n) is 7.12. The molecule has 25 heavy (non-hydrogen) atoms. The third-order valence-electron chi connectivity index (χ3n) is 4.57. The van der Waals surface area contributed by atoms with Gasteiger partial charge in [-0.25, -0.2) is 4.79 Å². The lowest BCUT2D eigenvalue weighted by Gasteiger charge is -2.15. The van der Waals surface area contributed by atoms with E-state index in [2.05, 4.69) is 32.9 Å². The molecule has 134 valence electrons. The van der Waals surface area contributed by atoms with E-state index < -0.39 is 0 Å². The van der Waals surface area contributed by atoms with Crippen LogP contribution in [0.15, 0.2) is 30.6 Å². The lowest BCUT2D eigenvalue weighted by molar-refractivity contribution is 0.249. The minimum atomic E-state index is -0.129. The number of anilines is 1. The maximum absolute atomic E-state index is 12.1. The number of likely N-dealkylation sites (tertiary alicyclic amines) is 1. The van der Waals surface area contributed by atoms with Crippen LogP contribution < -0.4 is 10.6 Å². The van der Waals surface area contributed by atoms with Gasteiger partial charge in [-0.3, -0.25) is 9.58 Å². The molecule has 1 saturated heterocycles. The van der Waals surface area contributed by atoms with Gasteiger partial charge in [0.25, 0.3) is 0 Å². The highest BCUT2D eigenvalue weighted by atomic mass is 16.2. The number of nitrogens with one attached hydrogen (secondary N) is 2. The molecule has 1 aliphatic heterocycles. The van der Waals surface area contributed by atoms with Gasteiger partial charge in [0.15, 0.2) is 0 Å². The maximum atomic E-state index is 12.1. The molecular weight excluding hydrogens is 314 g/mol. The molecule has 1 aromatic carbocycles. The number of rotatable bonds is 5. The van der Waals surface area contributed by atoms with Crippen LogP contribution in [0.25, 0.3) is 0 Å². The van der Waals surface area contributed by atoms with E-state index in [1.807, 2.05) is 43.9 Å². The van der Waals surface area contributed by atoms with Gasteiger partial charge < -0.3 is 10.6 Å². The van der Waals surface area contributed by atoms with E-state index >= 15 is 0 Å². The summed E-state index contributed by atoms with van der Waals surface area (Å²) < 4.78 is 1.84. The summed E-state index contributed by atoms with van der Waals surface area (Å²) in [6, 6.07) is 5.93. The number of aromatic nitrogens is 2. The average molecular weight is 341 g/mol. The van der Waals surface area contributed by atoms with Gasteiger partial charge in [0.1, 0.15) is 0 Å². The first-order chi connectivity index (χ1) is 12.0. The van der Waals surface area contributed by atoms with Gasteiger partial charge in [-0.15, -0.1) is 0 Å². The summed E-state index contributed by atoms with van der Waals surface area (Å²) in [5, 5.41) is 10.1. The summed E-state index contributed by atoms with van der Waals surface area (Å²) >= 11 is 0. The summed E-state index contributed by atoms with van der Waals surface area (Å²) in [6.45, 7) is 7.79. The lowest BCUT2D eigenvalue weighted by Crippen LogP contribution is -2.34. The Morgan fingerprint density at radius 2 is 2.04 bits per heavy atom. The normalized spacial score (nSPS) is 17.6. The predicted molar refractivity (Wildman–Crippen MR) is 99.5 cm³/mol. The molecule has 0 bridgehead atoms. The van der Waals surface area contributed by atoms with Crippen LogP contribution in [0.4, 0.5) is 10.5 Å². The van der Waals surface area contributed by atoms with Gasteiger partial charge in [-0.05, 0) is 56.0 Å². The molecule has 6 heteroatoms. The van der Waals surface area contributed by atoms with Crippen molar-refractivity contribution in [1.82, 2.24) is 20.0 Å². The smallest absolute Gasteiger partial charge is 0.319 e. The van der Waals surface area contributed by atoms with Gasteiger partial charge in [-0.1, -0.05) is 6.07 Å². The van der Waals surface area contributed by atoms with Crippen LogP contribution in [-0.4, -0.2) is 40.3 Å². The Bertz CT molecular complexity index is 719. The molecule has 0 saturated carbocycles. The molecule has 1 unspecified atom stereocenters. The van der Waals surface area contributed by atoms with E-state index in [1.54, 1.807) is 0 Å². The number of hydrogen-bond acceptors (Lipinski definition) is 3. The maximum Gasteiger partial charge on any atom is 0.319 e. The van der Waals surface area contributed by atoms with Crippen molar-refractivity contribution in [2.75, 3.05) is 25.0 Å². The van der Waals surface area contributed by atoms with E-state index in [1.165, 1.54) is 5.56 Å². The zero-order valence-electron chi connectivity index (χ0n) is 15.2. The molecule has 1 aliphatic rings. The molecule has 0 aliphatic carbocycles. The second kappa shape index (κ2) is 7.70. The highest BCUT2D eigenvalue weighted by Gasteiger charge is 2.23. The van der Waals surface area contributed by atoms with Crippen molar-refractivity contribution >= 4 is 11.7 Å². The molecule has 0 spiro atoms. The molecule has 6 nitrogen and oxygen atoms in total. The molecule has 2 heterocycles. The first-order valence-electron chi connectivity index (χ1n) is 8.81. The van der Waals surface area contributed by atoms with E-state index in [0.29, 0.717) is 12.5 Å². The van der Waals surface area contributed by atoms with Crippen molar-refractivity contribution < 1.29 is 4.79 Å². The minimum absolute atomic E-state index is 0.129. The zero-order valence-corrected chi connectivity index (χ0v) is 15.2. The predicted octanol–water partition coefficient (Wildman–Crippen LogP) is 2.68. The summed E-state index contributed by atoms with van der Waals surface area (Å²) in [4.78, 5) is 14.5. The van der Waals surface area contributed by atoms with Crippen molar-refractivity contribution in [3.8, 4) is 0 Å². The Balaban J connectivity index is 1.42. The molecule has 3 rings (SSSR count). The van der Waals surface area contributed by atoms with Crippen molar-refractivity contribution in [2.24, 2.45) is 13.0 Å². The van der Waals surface area contributed by atoms with E-state index in [4.69, 9.17) is 0 Å². The zero-order chi connectivity index (χ0) is 17.8. The van der Waals surface area contributed by atoms with Crippen molar-refractivity contribution in [3.63, 3.8) is 0 Å². The van der Waals surface area contributed by atoms with Crippen LogP contribution in [-0.2, 0) is 13.6 Å². The molecule has 2 amide bonds. The fourth-order valence-electron chi connectivity index (χ4n) is 3.49. The van der Waals surface area contributed by atoms with Gasteiger partial charge in [0, 0.05) is 44.1 Å². The van der Waals surface area contributed by atoms with E-state index in [9.17, 15) is 4.79 Å². The van der Waals surface area contributed by atoms with Crippen molar-refractivity contribution in [2.45, 2.75) is 26.8 Å². The SMILES string of the molecule is Cc1cc(C)cc(NC(=O)NCC2CCN(Cc3cnn(C)c3)C2)c1. The van der Waals surface area contributed by atoms with Gasteiger partial charge in [0.05, 0.1) is 6.20 Å². The van der Waals surface area contributed by atoms with Crippen molar-refractivity contribution in [3.05, 3.63) is 47.3 Å². The summed E-state index contributed by atoms with van der Waals surface area (Å²) in [6.07, 6.45) is 5.09. The lowest BCUT2D eigenvalue weighted by atomic mass is 10.1. The second-order valence-corrected chi connectivity index (χ2v) is 7.12. The Hall–Kier alpha value is -2.34. The third-order valence-corrected chi connectivity index (χ3v) is 4.57. The highest BCUT2D eigenvalue weighted by molar-refractivity contribution is 5.89. The molecule has 1 atom stereocenters. The Morgan fingerprint density at radius 3 is 2.72 bits per heavy atom. The highest BCUT2D eigenvalue weighted by Crippen LogP contribution is 2.18. The van der Waals surface area contributed by atoms with Gasteiger partial charge >= 0.3 is 6.03 Å². The number of hydrogen-bond donors (Lipinski definition) is 2. The summed E-state index contributed by atoms with van der Waals surface area (Å²) in [5.41, 5.74) is 4.39. The molecule has 1 aromatic heterocycles. The minimum Gasteiger partial charge on any atom is -0.338 e. The van der Waals surface area contributed by atoms with Crippen molar-refractivity contribution in [1.29, 1.82) is 0 Å². The molecule has 0 radical (unpaired) electrons. The number of carbonyl (C=O) groups is 1. The first kappa shape index (κ1) is 17.5. The largest absolute Gasteiger partial charge is 0.338 e. The van der Waals surface area contributed by atoms with Crippen LogP contribution in [0.1, 0.15) is 23.1 Å². The van der Waals surface area contributed by atoms with Crippen LogP contribution in [0.5, 0.6) is 0 Å². The quantitative estimate of drug-likeness (QED) is 0.879. The van der Waals surface area contributed by atoms with E-state index in [0.717, 1.165) is 42.9 Å². The molecule has 2 N–H and O–H groups in total. The first-order valence-corrected chi connectivity index (χ1v) is 8.81. The standard InChI is InChI=1S/C19H27N5O/c1-14-6-15(2)8-18(7-14)22-19(25)20-9-16-4-5-24(12-16)13-17-10-21-23(3)11-17/h6-8,10-11,16H,4-5,9,12-13H2,1-3H3,(H2,20,22,25). The number of urea groups is 1. The van der Waals surface area contributed by atoms with Gasteiger partial charge in [0.2, 0.25) is 0 Å². The number of amides is 2. The van der Waals surface area contributed by atoms with Crippen LogP contribution in [0, 0.1) is 19.8 Å². The van der Waals surface area contributed by atoms with Crippen LogP contribution in [0.3, 0.4) is 0 Å². The average Bonchev–Trinajstić information content (AvgIpc) is 3.13. The van der Waals surface area contributed by atoms with Crippen LogP contribution >= 0.6 is 0 Å². The monoisotopic (exact) mass is 341 g/mol. The van der Waals surface area contributed by atoms with E-state index in [-0.39, 0.29) is 6.03 Å². The molecular formula is C19H27N5O. The Labute approximate surface area is 149 Å². The fourth-order valence-corrected chi connectivity index (χ4v) is 3.49. The Morgan fingerprint density at radius 1 is 1.28 bits per heavy atom. The third kappa shape index (κ3) is 5.06. The van der Waals surface area contributed by atoms with Gasteiger partial charge in [-0.2, -0.15) is 5.10 Å². The number of aryl methyl sites for hydroxylation is 3. The number of nitrogens with zero attached hydrogens (tertiary/aromatic N) is 3. The van der Waals surface area contributed by atoms with Crippen LogP contribution in [0.2, 0.25) is 0 Å².